The molecule has 5 rings (SSSR count). The summed E-state index contributed by atoms with van der Waals surface area (Å²) in [6, 6.07) is 13.8. The van der Waals surface area contributed by atoms with Crippen LogP contribution in [0.5, 0.6) is 5.75 Å². The van der Waals surface area contributed by atoms with Crippen LogP contribution in [0, 0.1) is 5.82 Å². The number of aromatic nitrogens is 2. The van der Waals surface area contributed by atoms with E-state index in [4.69, 9.17) is 9.72 Å². The predicted molar refractivity (Wildman–Crippen MR) is 133 cm³/mol. The van der Waals surface area contributed by atoms with Gasteiger partial charge in [0.05, 0.1) is 24.7 Å². The Kier molecular flexibility index (Phi) is 6.14. The molecule has 0 fully saturated rings. The van der Waals surface area contributed by atoms with E-state index in [-0.39, 0.29) is 17.3 Å². The van der Waals surface area contributed by atoms with Gasteiger partial charge < -0.3 is 9.64 Å². The smallest absolute Gasteiger partial charge is 0.267 e. The number of nitrogens with zero attached hydrogens (tertiary/aromatic N) is 3. The van der Waals surface area contributed by atoms with Crippen molar-refractivity contribution in [2.45, 2.75) is 30.8 Å². The number of hydrogen-bond donors (Lipinski definition) is 0. The Hall–Kier alpha value is -3.17. The minimum Gasteiger partial charge on any atom is -0.497 e. The molecule has 0 saturated carbocycles. The summed E-state index contributed by atoms with van der Waals surface area (Å²) in [6.45, 7) is 2.63. The van der Waals surface area contributed by atoms with Crippen molar-refractivity contribution in [2.75, 3.05) is 13.7 Å². The molecule has 2 aromatic heterocycles. The zero-order chi connectivity index (χ0) is 23.8. The van der Waals surface area contributed by atoms with Gasteiger partial charge in [0, 0.05) is 24.1 Å². The monoisotopic (exact) mass is 495 g/mol. The second-order valence-corrected chi connectivity index (χ2v) is 10.0. The minimum atomic E-state index is -0.287. The van der Waals surface area contributed by atoms with E-state index in [1.165, 1.54) is 29.2 Å². The lowest BCUT2D eigenvalue weighted by Crippen LogP contribution is -2.34. The van der Waals surface area contributed by atoms with Gasteiger partial charge in [0.1, 0.15) is 16.4 Å². The molecule has 1 aliphatic heterocycles. The van der Waals surface area contributed by atoms with Gasteiger partial charge >= 0.3 is 0 Å². The quantitative estimate of drug-likeness (QED) is 0.294. The molecular weight excluding hydrogens is 473 g/mol. The Morgan fingerprint density at radius 3 is 2.68 bits per heavy atom. The maximum Gasteiger partial charge on any atom is 0.267 e. The fraction of sp³-hybridized carbons (Fsp3) is 0.240. The fourth-order valence-electron chi connectivity index (χ4n) is 4.11. The highest BCUT2D eigenvalue weighted by atomic mass is 32.2. The van der Waals surface area contributed by atoms with Crippen LogP contribution in [0.3, 0.4) is 0 Å². The summed E-state index contributed by atoms with van der Waals surface area (Å²) in [5, 5.41) is 1.10. The Balaban J connectivity index is 1.64. The van der Waals surface area contributed by atoms with E-state index in [1.807, 2.05) is 12.1 Å². The highest BCUT2D eigenvalue weighted by Crippen LogP contribution is 2.35. The molecule has 0 aliphatic carbocycles. The van der Waals surface area contributed by atoms with Crippen molar-refractivity contribution in [3.05, 3.63) is 80.7 Å². The van der Waals surface area contributed by atoms with Crippen LogP contribution >= 0.6 is 23.1 Å². The average molecular weight is 496 g/mol. The number of thioether (sulfide) groups is 1. The predicted octanol–water partition coefficient (Wildman–Crippen LogP) is 4.79. The van der Waals surface area contributed by atoms with Crippen molar-refractivity contribution >= 4 is 39.2 Å². The van der Waals surface area contributed by atoms with Crippen molar-refractivity contribution < 1.29 is 13.9 Å². The first-order valence-electron chi connectivity index (χ1n) is 10.8. The number of amides is 1. The summed E-state index contributed by atoms with van der Waals surface area (Å²) < 4.78 is 21.1. The summed E-state index contributed by atoms with van der Waals surface area (Å²) in [5.74, 6) is 0.756. The molecule has 0 radical (unpaired) electrons. The standard InChI is InChI=1S/C25H22FN3O3S2/c1-15(30)28-12-11-19-21(13-28)34-23-22(19)24(31)29(17-7-9-18(32-2)10-8-17)25(27-23)33-14-16-5-3-4-6-20(16)26/h3-10H,11-14H2,1-2H3. The molecule has 1 amide bonds. The van der Waals surface area contributed by atoms with E-state index in [2.05, 4.69) is 0 Å². The summed E-state index contributed by atoms with van der Waals surface area (Å²) in [7, 11) is 1.59. The number of benzene rings is 2. The Bertz CT molecular complexity index is 1450. The highest BCUT2D eigenvalue weighted by molar-refractivity contribution is 7.98. The normalized spacial score (nSPS) is 13.2. The van der Waals surface area contributed by atoms with E-state index in [1.54, 1.807) is 53.8 Å². The van der Waals surface area contributed by atoms with Crippen molar-refractivity contribution in [3.8, 4) is 11.4 Å². The lowest BCUT2D eigenvalue weighted by molar-refractivity contribution is -0.129. The van der Waals surface area contributed by atoms with Crippen molar-refractivity contribution in [1.82, 2.24) is 14.5 Å². The highest BCUT2D eigenvalue weighted by Gasteiger charge is 2.26. The number of methoxy groups -OCH3 is 1. The van der Waals surface area contributed by atoms with Gasteiger partial charge in [-0.3, -0.25) is 14.2 Å². The van der Waals surface area contributed by atoms with Gasteiger partial charge in [-0.1, -0.05) is 30.0 Å². The molecule has 4 aromatic rings. The largest absolute Gasteiger partial charge is 0.497 e. The molecule has 174 valence electrons. The van der Waals surface area contributed by atoms with E-state index < -0.39 is 0 Å². The Labute approximate surface area is 204 Å². The molecule has 3 heterocycles. The second-order valence-electron chi connectivity index (χ2n) is 7.99. The van der Waals surface area contributed by atoms with Crippen LogP contribution < -0.4 is 10.3 Å². The number of ether oxygens (including phenoxy) is 1. The van der Waals surface area contributed by atoms with Crippen LogP contribution in [0.4, 0.5) is 4.39 Å². The molecule has 6 nitrogen and oxygen atoms in total. The Morgan fingerprint density at radius 1 is 1.21 bits per heavy atom. The zero-order valence-electron chi connectivity index (χ0n) is 18.7. The third-order valence-corrected chi connectivity index (χ3v) is 8.03. The molecule has 0 bridgehead atoms. The average Bonchev–Trinajstić information content (AvgIpc) is 3.21. The molecule has 2 aromatic carbocycles. The van der Waals surface area contributed by atoms with Crippen LogP contribution in [0.25, 0.3) is 15.9 Å². The molecule has 0 N–H and O–H groups in total. The number of carbonyl (C=O) groups is 1. The summed E-state index contributed by atoms with van der Waals surface area (Å²) in [6.07, 6.45) is 0.621. The number of carbonyl (C=O) groups excluding carboxylic acids is 1. The van der Waals surface area contributed by atoms with E-state index in [0.29, 0.717) is 57.6 Å². The van der Waals surface area contributed by atoms with Crippen LogP contribution in [-0.4, -0.2) is 34.0 Å². The second kappa shape index (κ2) is 9.23. The third-order valence-electron chi connectivity index (χ3n) is 5.93. The third kappa shape index (κ3) is 4.10. The molecule has 1 aliphatic rings. The number of hydrogen-bond acceptors (Lipinski definition) is 6. The van der Waals surface area contributed by atoms with Gasteiger partial charge in [-0.2, -0.15) is 0 Å². The number of thiophene rings is 1. The SMILES string of the molecule is COc1ccc(-n2c(SCc3ccccc3F)nc3sc4c(c3c2=O)CCN(C(C)=O)C4)cc1. The molecule has 34 heavy (non-hydrogen) atoms. The van der Waals surface area contributed by atoms with Gasteiger partial charge in [-0.25, -0.2) is 9.37 Å². The van der Waals surface area contributed by atoms with Crippen molar-refractivity contribution in [1.29, 1.82) is 0 Å². The first-order valence-corrected chi connectivity index (χ1v) is 12.6. The summed E-state index contributed by atoms with van der Waals surface area (Å²) >= 11 is 2.78. The van der Waals surface area contributed by atoms with Crippen LogP contribution in [0.2, 0.25) is 0 Å². The maximum absolute atomic E-state index is 14.2. The first kappa shape index (κ1) is 22.6. The van der Waals surface area contributed by atoms with Crippen molar-refractivity contribution in [2.24, 2.45) is 0 Å². The van der Waals surface area contributed by atoms with E-state index in [0.717, 1.165) is 10.4 Å². The Morgan fingerprint density at radius 2 is 1.97 bits per heavy atom. The maximum atomic E-state index is 14.2. The van der Waals surface area contributed by atoms with Gasteiger partial charge in [-0.05, 0) is 47.9 Å². The van der Waals surface area contributed by atoms with E-state index >= 15 is 0 Å². The van der Waals surface area contributed by atoms with Crippen LogP contribution in [0.1, 0.15) is 22.9 Å². The van der Waals surface area contributed by atoms with Gasteiger partial charge in [0.2, 0.25) is 5.91 Å². The number of halogens is 1. The van der Waals surface area contributed by atoms with E-state index in [9.17, 15) is 14.0 Å². The molecule has 0 atom stereocenters. The number of fused-ring (bicyclic) bond motifs is 3. The zero-order valence-corrected chi connectivity index (χ0v) is 20.3. The summed E-state index contributed by atoms with van der Waals surface area (Å²) in [4.78, 5) is 34.0. The minimum absolute atomic E-state index is 0.0211. The van der Waals surface area contributed by atoms with Gasteiger partial charge in [0.15, 0.2) is 5.16 Å². The topological polar surface area (TPSA) is 64.4 Å². The molecular formula is C25H22FN3O3S2. The van der Waals surface area contributed by atoms with Gasteiger partial charge in [0.25, 0.3) is 5.56 Å². The lowest BCUT2D eigenvalue weighted by atomic mass is 10.1. The molecule has 0 unspecified atom stereocenters. The lowest BCUT2D eigenvalue weighted by Gasteiger charge is -2.25. The fourth-order valence-corrected chi connectivity index (χ4v) is 6.38. The van der Waals surface area contributed by atoms with Crippen molar-refractivity contribution in [3.63, 3.8) is 0 Å². The molecule has 0 saturated heterocycles. The molecule has 9 heteroatoms. The van der Waals surface area contributed by atoms with Crippen LogP contribution in [-0.2, 0) is 23.5 Å². The number of rotatable bonds is 5. The first-order chi connectivity index (χ1) is 16.5. The van der Waals surface area contributed by atoms with Gasteiger partial charge in [-0.15, -0.1) is 11.3 Å². The summed E-state index contributed by atoms with van der Waals surface area (Å²) in [5.41, 5.74) is 2.03. The van der Waals surface area contributed by atoms with Crippen LogP contribution in [0.15, 0.2) is 58.5 Å². The molecule has 0 spiro atoms.